The van der Waals surface area contributed by atoms with Crippen molar-refractivity contribution in [2.75, 3.05) is 12.8 Å². The van der Waals surface area contributed by atoms with Crippen LogP contribution in [0.1, 0.15) is 42.0 Å². The van der Waals surface area contributed by atoms with Crippen LogP contribution in [0.2, 0.25) is 0 Å². The van der Waals surface area contributed by atoms with Crippen LogP contribution < -0.4 is 0 Å². The van der Waals surface area contributed by atoms with Crippen molar-refractivity contribution in [1.29, 1.82) is 0 Å². The third-order valence-electron chi connectivity index (χ3n) is 4.83. The summed E-state index contributed by atoms with van der Waals surface area (Å²) in [4.78, 5) is 23.7. The molecule has 0 N–H and O–H groups in total. The number of hydrogen-bond donors (Lipinski definition) is 0. The van der Waals surface area contributed by atoms with Gasteiger partial charge in [-0.3, -0.25) is 4.79 Å². The molecule has 0 saturated heterocycles. The minimum Gasteiger partial charge on any atom is -0.348 e. The fraction of sp³-hybridized carbons (Fsp3) is 0.500. The number of nitrogens with zero attached hydrogens (tertiary/aromatic N) is 4. The van der Waals surface area contributed by atoms with Crippen LogP contribution in [0.15, 0.2) is 23.5 Å². The van der Waals surface area contributed by atoms with Crippen molar-refractivity contribution in [2.24, 2.45) is 0 Å². The summed E-state index contributed by atoms with van der Waals surface area (Å²) in [6.45, 7) is 7.77. The number of carbonyl (C=O) groups is 1. The first kappa shape index (κ1) is 17.0. The van der Waals surface area contributed by atoms with Crippen LogP contribution >= 0.6 is 11.8 Å². The molecule has 0 bridgehead atoms. The molecule has 5 nitrogen and oxygen atoms in total. The molecule has 2 aromatic rings. The molecule has 1 aliphatic heterocycles. The molecule has 1 atom stereocenters. The number of aromatic nitrogens is 3. The SMILES string of the molecule is CSc1nc(C)c(CCC(=O)N2CCn3cccc3[C@@H]2C)c(C)n1. The van der Waals surface area contributed by atoms with Crippen molar-refractivity contribution >= 4 is 17.7 Å². The third kappa shape index (κ3) is 3.20. The van der Waals surface area contributed by atoms with Crippen LogP contribution in [-0.2, 0) is 17.8 Å². The minimum atomic E-state index is 0.138. The fourth-order valence-corrected chi connectivity index (χ4v) is 3.91. The molecule has 1 amide bonds. The first-order valence-corrected chi connectivity index (χ1v) is 9.56. The highest BCUT2D eigenvalue weighted by Crippen LogP contribution is 2.26. The number of hydrogen-bond acceptors (Lipinski definition) is 4. The molecule has 3 heterocycles. The van der Waals surface area contributed by atoms with E-state index in [1.54, 1.807) is 11.8 Å². The highest BCUT2D eigenvalue weighted by Gasteiger charge is 2.27. The normalized spacial score (nSPS) is 17.0. The summed E-state index contributed by atoms with van der Waals surface area (Å²) >= 11 is 1.55. The number of aryl methyl sites for hydroxylation is 2. The molecule has 0 aliphatic carbocycles. The lowest BCUT2D eigenvalue weighted by Gasteiger charge is -2.35. The molecular weight excluding hydrogens is 320 g/mol. The van der Waals surface area contributed by atoms with Crippen LogP contribution in [0.4, 0.5) is 0 Å². The highest BCUT2D eigenvalue weighted by atomic mass is 32.2. The molecule has 0 fully saturated rings. The van der Waals surface area contributed by atoms with Gasteiger partial charge in [-0.25, -0.2) is 9.97 Å². The monoisotopic (exact) mass is 344 g/mol. The lowest BCUT2D eigenvalue weighted by atomic mass is 10.0. The maximum atomic E-state index is 12.7. The molecule has 24 heavy (non-hydrogen) atoms. The second-order valence-corrected chi connectivity index (χ2v) is 7.02. The molecule has 0 unspecified atom stereocenters. The smallest absolute Gasteiger partial charge is 0.223 e. The van der Waals surface area contributed by atoms with Crippen LogP contribution in [0, 0.1) is 13.8 Å². The average molecular weight is 344 g/mol. The molecule has 6 heteroatoms. The summed E-state index contributed by atoms with van der Waals surface area (Å²) in [5, 5.41) is 0.797. The van der Waals surface area contributed by atoms with Gasteiger partial charge in [0.2, 0.25) is 5.91 Å². The van der Waals surface area contributed by atoms with E-state index in [1.807, 2.05) is 25.0 Å². The summed E-state index contributed by atoms with van der Waals surface area (Å²) in [7, 11) is 0. The summed E-state index contributed by atoms with van der Waals surface area (Å²) in [5.74, 6) is 0.211. The Bertz CT molecular complexity index is 732. The maximum absolute atomic E-state index is 12.7. The minimum absolute atomic E-state index is 0.138. The predicted molar refractivity (Wildman–Crippen MR) is 96.2 cm³/mol. The quantitative estimate of drug-likeness (QED) is 0.631. The molecular formula is C18H24N4OS. The number of thioether (sulfide) groups is 1. The zero-order valence-corrected chi connectivity index (χ0v) is 15.6. The zero-order valence-electron chi connectivity index (χ0n) is 14.7. The van der Waals surface area contributed by atoms with Crippen molar-refractivity contribution in [3.63, 3.8) is 0 Å². The standard InChI is InChI=1S/C18H24N4OS/c1-12-15(13(2)20-18(19-12)24-4)7-8-17(23)22-11-10-21-9-5-6-16(21)14(22)3/h5-6,9,14H,7-8,10-11H2,1-4H3/t14-/m0/s1. The molecule has 0 spiro atoms. The van der Waals surface area contributed by atoms with Gasteiger partial charge in [-0.1, -0.05) is 11.8 Å². The first-order chi connectivity index (χ1) is 11.5. The van der Waals surface area contributed by atoms with Crippen LogP contribution in [0.5, 0.6) is 0 Å². The Kier molecular flexibility index (Phi) is 4.94. The van der Waals surface area contributed by atoms with Gasteiger partial charge in [-0.15, -0.1) is 0 Å². The fourth-order valence-electron chi connectivity index (χ4n) is 3.46. The van der Waals surface area contributed by atoms with Gasteiger partial charge in [-0.2, -0.15) is 0 Å². The van der Waals surface area contributed by atoms with Crippen LogP contribution in [0.25, 0.3) is 0 Å². The van der Waals surface area contributed by atoms with Crippen LogP contribution in [0.3, 0.4) is 0 Å². The average Bonchev–Trinajstić information content (AvgIpc) is 3.03. The molecule has 128 valence electrons. The highest BCUT2D eigenvalue weighted by molar-refractivity contribution is 7.98. The van der Waals surface area contributed by atoms with Gasteiger partial charge in [0.05, 0.1) is 6.04 Å². The van der Waals surface area contributed by atoms with Crippen molar-refractivity contribution < 1.29 is 4.79 Å². The summed E-state index contributed by atoms with van der Waals surface area (Å²) in [6.07, 6.45) is 5.28. The second-order valence-electron chi connectivity index (χ2n) is 6.25. The van der Waals surface area contributed by atoms with Gasteiger partial charge in [0.25, 0.3) is 0 Å². The Morgan fingerprint density at radius 1 is 1.29 bits per heavy atom. The molecule has 0 aromatic carbocycles. The molecule has 3 rings (SSSR count). The Labute approximate surface area is 147 Å². The topological polar surface area (TPSA) is 51.0 Å². The van der Waals surface area contributed by atoms with Crippen molar-refractivity contribution in [2.45, 2.75) is 51.4 Å². The Morgan fingerprint density at radius 2 is 2.00 bits per heavy atom. The van der Waals surface area contributed by atoms with Gasteiger partial charge >= 0.3 is 0 Å². The molecule has 1 aliphatic rings. The maximum Gasteiger partial charge on any atom is 0.223 e. The third-order valence-corrected chi connectivity index (χ3v) is 5.38. The Morgan fingerprint density at radius 3 is 2.67 bits per heavy atom. The lowest BCUT2D eigenvalue weighted by molar-refractivity contribution is -0.134. The van der Waals surface area contributed by atoms with Gasteiger partial charge in [0.1, 0.15) is 0 Å². The van der Waals surface area contributed by atoms with Gasteiger partial charge in [0.15, 0.2) is 5.16 Å². The van der Waals surface area contributed by atoms with E-state index in [1.165, 1.54) is 5.69 Å². The van der Waals surface area contributed by atoms with E-state index in [4.69, 9.17) is 0 Å². The van der Waals surface area contributed by atoms with E-state index in [9.17, 15) is 4.79 Å². The second kappa shape index (κ2) is 6.97. The van der Waals surface area contributed by atoms with Crippen molar-refractivity contribution in [3.05, 3.63) is 41.0 Å². The largest absolute Gasteiger partial charge is 0.348 e. The van der Waals surface area contributed by atoms with E-state index < -0.39 is 0 Å². The summed E-state index contributed by atoms with van der Waals surface area (Å²) < 4.78 is 2.23. The molecule has 2 aromatic heterocycles. The predicted octanol–water partition coefficient (Wildman–Crippen LogP) is 3.15. The Balaban J connectivity index is 1.69. The number of fused-ring (bicyclic) bond motifs is 1. The van der Waals surface area contributed by atoms with E-state index in [0.717, 1.165) is 35.2 Å². The van der Waals surface area contributed by atoms with Gasteiger partial charge in [-0.05, 0) is 51.1 Å². The summed E-state index contributed by atoms with van der Waals surface area (Å²) in [5.41, 5.74) is 4.30. The van der Waals surface area contributed by atoms with E-state index >= 15 is 0 Å². The van der Waals surface area contributed by atoms with Crippen LogP contribution in [-0.4, -0.2) is 38.1 Å². The van der Waals surface area contributed by atoms with E-state index in [-0.39, 0.29) is 11.9 Å². The van der Waals surface area contributed by atoms with Gasteiger partial charge < -0.3 is 9.47 Å². The lowest BCUT2D eigenvalue weighted by Crippen LogP contribution is -2.40. The number of rotatable bonds is 4. The van der Waals surface area contributed by atoms with Crippen molar-refractivity contribution in [3.8, 4) is 0 Å². The number of carbonyl (C=O) groups excluding carboxylic acids is 1. The van der Waals surface area contributed by atoms with Gasteiger partial charge in [0, 0.05) is 42.8 Å². The van der Waals surface area contributed by atoms with E-state index in [0.29, 0.717) is 12.8 Å². The van der Waals surface area contributed by atoms with E-state index in [2.05, 4.69) is 39.8 Å². The van der Waals surface area contributed by atoms with Crippen molar-refractivity contribution in [1.82, 2.24) is 19.4 Å². The molecule has 0 radical (unpaired) electrons. The first-order valence-electron chi connectivity index (χ1n) is 8.34. The Hall–Kier alpha value is -1.82. The summed E-state index contributed by atoms with van der Waals surface area (Å²) in [6, 6.07) is 4.29. The molecule has 0 saturated carbocycles. The number of amides is 1. The zero-order chi connectivity index (χ0) is 17.3.